The number of nitrogens with one attached hydrogen (secondary N) is 1. The second kappa shape index (κ2) is 10.6. The van der Waals surface area contributed by atoms with Gasteiger partial charge in [0.15, 0.2) is 0 Å². The fourth-order valence-electron chi connectivity index (χ4n) is 3.14. The van der Waals surface area contributed by atoms with Gasteiger partial charge in [-0.1, -0.05) is 66.6 Å². The molecule has 2 aromatic rings. The summed E-state index contributed by atoms with van der Waals surface area (Å²) in [4.78, 5) is 27.3. The van der Waals surface area contributed by atoms with E-state index in [1.54, 1.807) is 4.90 Å². The van der Waals surface area contributed by atoms with Crippen LogP contribution in [0.25, 0.3) is 0 Å². The monoisotopic (exact) mass is 380 g/mol. The van der Waals surface area contributed by atoms with Crippen LogP contribution in [0.3, 0.4) is 0 Å². The van der Waals surface area contributed by atoms with Gasteiger partial charge in [-0.25, -0.2) is 0 Å². The number of rotatable bonds is 9. The lowest BCUT2D eigenvalue weighted by atomic mass is 10.1. The third-order valence-corrected chi connectivity index (χ3v) is 4.90. The van der Waals surface area contributed by atoms with Crippen molar-refractivity contribution in [1.29, 1.82) is 0 Å². The molecule has 0 aromatic heterocycles. The molecule has 4 nitrogen and oxygen atoms in total. The van der Waals surface area contributed by atoms with Gasteiger partial charge in [-0.3, -0.25) is 9.59 Å². The number of hydrogen-bond donors (Lipinski definition) is 1. The van der Waals surface area contributed by atoms with Crippen LogP contribution in [0.4, 0.5) is 0 Å². The average Bonchev–Trinajstić information content (AvgIpc) is 2.69. The van der Waals surface area contributed by atoms with Crippen LogP contribution < -0.4 is 5.32 Å². The Labute approximate surface area is 169 Å². The smallest absolute Gasteiger partial charge is 0.242 e. The number of carbonyl (C=O) groups excluding carboxylic acids is 2. The van der Waals surface area contributed by atoms with E-state index >= 15 is 0 Å². The van der Waals surface area contributed by atoms with Crippen molar-refractivity contribution < 1.29 is 9.59 Å². The molecule has 0 aliphatic rings. The summed E-state index contributed by atoms with van der Waals surface area (Å²) in [5, 5.41) is 2.91. The van der Waals surface area contributed by atoms with Crippen LogP contribution in [-0.4, -0.2) is 29.3 Å². The molecule has 150 valence electrons. The molecule has 0 aliphatic carbocycles. The number of benzene rings is 2. The van der Waals surface area contributed by atoms with Gasteiger partial charge in [0.1, 0.15) is 6.04 Å². The molecule has 0 spiro atoms. The molecule has 0 saturated carbocycles. The molecule has 0 unspecified atom stereocenters. The van der Waals surface area contributed by atoms with Gasteiger partial charge in [0.05, 0.1) is 0 Å². The van der Waals surface area contributed by atoms with E-state index in [-0.39, 0.29) is 11.8 Å². The standard InChI is InChI=1S/C24H32N2O2/c1-5-15-25-24(28)20(4)26(17-22-8-6-7-19(3)16-22)23(27)14-13-21-11-9-18(2)10-12-21/h6-12,16,20H,5,13-15,17H2,1-4H3,(H,25,28)/t20-/m0/s1. The Morgan fingerprint density at radius 1 is 1.00 bits per heavy atom. The molecule has 2 amide bonds. The van der Waals surface area contributed by atoms with Gasteiger partial charge in [0.25, 0.3) is 0 Å². The second-order valence-corrected chi connectivity index (χ2v) is 7.46. The quantitative estimate of drug-likeness (QED) is 0.709. The highest BCUT2D eigenvalue weighted by atomic mass is 16.2. The fraction of sp³-hybridized carbons (Fsp3) is 0.417. The summed E-state index contributed by atoms with van der Waals surface area (Å²) in [5.74, 6) is -0.0978. The molecule has 28 heavy (non-hydrogen) atoms. The van der Waals surface area contributed by atoms with E-state index in [9.17, 15) is 9.59 Å². The molecule has 4 heteroatoms. The lowest BCUT2D eigenvalue weighted by Crippen LogP contribution is -2.47. The van der Waals surface area contributed by atoms with Crippen LogP contribution >= 0.6 is 0 Å². The lowest BCUT2D eigenvalue weighted by molar-refractivity contribution is -0.140. The summed E-state index contributed by atoms with van der Waals surface area (Å²) in [7, 11) is 0. The Morgan fingerprint density at radius 2 is 1.71 bits per heavy atom. The third-order valence-electron chi connectivity index (χ3n) is 4.90. The minimum absolute atomic E-state index is 0.00114. The predicted molar refractivity (Wildman–Crippen MR) is 114 cm³/mol. The van der Waals surface area contributed by atoms with E-state index in [2.05, 4.69) is 42.6 Å². The maximum atomic E-state index is 13.0. The van der Waals surface area contributed by atoms with Gasteiger partial charge < -0.3 is 10.2 Å². The summed E-state index contributed by atoms with van der Waals surface area (Å²) >= 11 is 0. The van der Waals surface area contributed by atoms with Crippen molar-refractivity contribution in [3.05, 3.63) is 70.8 Å². The summed E-state index contributed by atoms with van der Waals surface area (Å²) < 4.78 is 0. The van der Waals surface area contributed by atoms with Gasteiger partial charge in [-0.15, -0.1) is 0 Å². The van der Waals surface area contributed by atoms with Crippen molar-refractivity contribution in [3.63, 3.8) is 0 Å². The largest absolute Gasteiger partial charge is 0.354 e. The van der Waals surface area contributed by atoms with Crippen molar-refractivity contribution in [1.82, 2.24) is 10.2 Å². The molecule has 0 radical (unpaired) electrons. The van der Waals surface area contributed by atoms with Gasteiger partial charge in [-0.2, -0.15) is 0 Å². The molecule has 1 atom stereocenters. The number of hydrogen-bond acceptors (Lipinski definition) is 2. The van der Waals surface area contributed by atoms with Crippen molar-refractivity contribution in [2.24, 2.45) is 0 Å². The number of amides is 2. The maximum Gasteiger partial charge on any atom is 0.242 e. The Balaban J connectivity index is 2.12. The number of nitrogens with zero attached hydrogens (tertiary/aromatic N) is 1. The molecular weight excluding hydrogens is 348 g/mol. The Morgan fingerprint density at radius 3 is 2.36 bits per heavy atom. The van der Waals surface area contributed by atoms with Gasteiger partial charge >= 0.3 is 0 Å². The van der Waals surface area contributed by atoms with Crippen molar-refractivity contribution in [2.75, 3.05) is 6.54 Å². The first-order valence-corrected chi connectivity index (χ1v) is 10.1. The van der Waals surface area contributed by atoms with Crippen LogP contribution in [0.1, 0.15) is 48.9 Å². The zero-order valence-electron chi connectivity index (χ0n) is 17.5. The minimum Gasteiger partial charge on any atom is -0.354 e. The molecule has 0 bridgehead atoms. The minimum atomic E-state index is -0.502. The Kier molecular flexibility index (Phi) is 8.24. The molecular formula is C24H32N2O2. The van der Waals surface area contributed by atoms with Crippen LogP contribution in [0, 0.1) is 13.8 Å². The van der Waals surface area contributed by atoms with Crippen LogP contribution in [0.15, 0.2) is 48.5 Å². The van der Waals surface area contributed by atoms with Crippen LogP contribution in [0.5, 0.6) is 0 Å². The molecule has 2 rings (SSSR count). The SMILES string of the molecule is CCCNC(=O)[C@H](C)N(Cc1cccc(C)c1)C(=O)CCc1ccc(C)cc1. The summed E-state index contributed by atoms with van der Waals surface area (Å²) in [6.07, 6.45) is 1.94. The molecule has 0 fully saturated rings. The van der Waals surface area contributed by atoms with E-state index in [0.29, 0.717) is 25.9 Å². The number of carbonyl (C=O) groups is 2. The van der Waals surface area contributed by atoms with Crippen molar-refractivity contribution in [2.45, 2.75) is 59.5 Å². The molecule has 1 N–H and O–H groups in total. The highest BCUT2D eigenvalue weighted by Gasteiger charge is 2.25. The van der Waals surface area contributed by atoms with Gasteiger partial charge in [-0.05, 0) is 44.7 Å². The van der Waals surface area contributed by atoms with Crippen LogP contribution in [0.2, 0.25) is 0 Å². The fourth-order valence-corrected chi connectivity index (χ4v) is 3.14. The first kappa shape index (κ1) is 21.7. The molecule has 0 heterocycles. The summed E-state index contributed by atoms with van der Waals surface area (Å²) in [6, 6.07) is 15.8. The normalized spacial score (nSPS) is 11.7. The van der Waals surface area contributed by atoms with Gasteiger partial charge in [0, 0.05) is 19.5 Å². The van der Waals surface area contributed by atoms with E-state index in [1.165, 1.54) is 5.56 Å². The van der Waals surface area contributed by atoms with E-state index in [0.717, 1.165) is 23.1 Å². The van der Waals surface area contributed by atoms with Crippen molar-refractivity contribution in [3.8, 4) is 0 Å². The molecule has 2 aromatic carbocycles. The second-order valence-electron chi connectivity index (χ2n) is 7.46. The average molecular weight is 381 g/mol. The lowest BCUT2D eigenvalue weighted by Gasteiger charge is -2.29. The third kappa shape index (κ3) is 6.52. The molecule has 0 saturated heterocycles. The van der Waals surface area contributed by atoms with Crippen LogP contribution in [-0.2, 0) is 22.6 Å². The summed E-state index contributed by atoms with van der Waals surface area (Å²) in [6.45, 7) is 8.97. The Bertz CT molecular complexity index is 783. The number of aryl methyl sites for hydroxylation is 3. The Hall–Kier alpha value is -2.62. The van der Waals surface area contributed by atoms with Gasteiger partial charge in [0.2, 0.25) is 11.8 Å². The van der Waals surface area contributed by atoms with E-state index < -0.39 is 6.04 Å². The highest BCUT2D eigenvalue weighted by Crippen LogP contribution is 2.14. The first-order valence-electron chi connectivity index (χ1n) is 10.1. The zero-order chi connectivity index (χ0) is 20.5. The van der Waals surface area contributed by atoms with E-state index in [4.69, 9.17) is 0 Å². The first-order chi connectivity index (χ1) is 13.4. The zero-order valence-corrected chi connectivity index (χ0v) is 17.5. The predicted octanol–water partition coefficient (Wildman–Crippen LogP) is 4.18. The topological polar surface area (TPSA) is 49.4 Å². The summed E-state index contributed by atoms with van der Waals surface area (Å²) in [5.41, 5.74) is 4.53. The van der Waals surface area contributed by atoms with E-state index in [1.807, 2.05) is 39.0 Å². The highest BCUT2D eigenvalue weighted by molar-refractivity contribution is 5.87. The maximum absolute atomic E-state index is 13.0. The molecule has 0 aliphatic heterocycles. The van der Waals surface area contributed by atoms with Crippen molar-refractivity contribution >= 4 is 11.8 Å².